The number of carbonyl (C=O) groups excluding carboxylic acids is 1. The summed E-state index contributed by atoms with van der Waals surface area (Å²) in [6.45, 7) is 4.02. The number of likely N-dealkylation sites (tertiary alicyclic amines) is 1. The minimum Gasteiger partial charge on any atom is -0.341 e. The van der Waals surface area contributed by atoms with Crippen LogP contribution < -0.4 is 0 Å². The van der Waals surface area contributed by atoms with Gasteiger partial charge in [-0.2, -0.15) is 5.21 Å². The molecule has 1 aromatic heterocycles. The third-order valence-corrected chi connectivity index (χ3v) is 5.79. The third kappa shape index (κ3) is 4.12. The van der Waals surface area contributed by atoms with Gasteiger partial charge in [0.15, 0.2) is 5.82 Å². The molecule has 2 atom stereocenters. The zero-order chi connectivity index (χ0) is 16.9. The first kappa shape index (κ1) is 17.3. The lowest BCUT2D eigenvalue weighted by Gasteiger charge is -2.39. The maximum atomic E-state index is 12.9. The fourth-order valence-electron chi connectivity index (χ4n) is 4.24. The van der Waals surface area contributed by atoms with Gasteiger partial charge in [0.25, 0.3) is 0 Å². The van der Waals surface area contributed by atoms with Crippen LogP contribution in [0.3, 0.4) is 0 Å². The van der Waals surface area contributed by atoms with E-state index in [0.717, 1.165) is 44.6 Å². The standard InChI is InChI=1S/C17H30N6O/c1-13(17(24)22(2)15-8-4-3-5-9-15)23-10-6-7-14(12-23)11-16-18-20-21-19-16/h13-15H,3-12H2,1-2H3,(H,18,19,20,21). The Kier molecular flexibility index (Phi) is 5.81. The number of hydrogen-bond acceptors (Lipinski definition) is 5. The molecule has 24 heavy (non-hydrogen) atoms. The summed E-state index contributed by atoms with van der Waals surface area (Å²) in [6.07, 6.45) is 9.30. The van der Waals surface area contributed by atoms with Gasteiger partial charge < -0.3 is 4.90 Å². The second-order valence-electron chi connectivity index (χ2n) is 7.45. The first-order valence-electron chi connectivity index (χ1n) is 9.38. The van der Waals surface area contributed by atoms with Crippen molar-refractivity contribution in [2.75, 3.05) is 20.1 Å². The lowest BCUT2D eigenvalue weighted by molar-refractivity contribution is -0.138. The fraction of sp³-hybridized carbons (Fsp3) is 0.882. The molecule has 2 aliphatic rings. The second-order valence-corrected chi connectivity index (χ2v) is 7.45. The number of H-pyrrole nitrogens is 1. The van der Waals surface area contributed by atoms with E-state index in [9.17, 15) is 4.79 Å². The molecule has 1 aliphatic carbocycles. The molecule has 1 aromatic rings. The van der Waals surface area contributed by atoms with Crippen molar-refractivity contribution in [3.05, 3.63) is 5.82 Å². The molecule has 1 amide bonds. The monoisotopic (exact) mass is 334 g/mol. The Morgan fingerprint density at radius 2 is 2.08 bits per heavy atom. The van der Waals surface area contributed by atoms with Gasteiger partial charge >= 0.3 is 0 Å². The molecule has 7 nitrogen and oxygen atoms in total. The van der Waals surface area contributed by atoms with Gasteiger partial charge in [0.2, 0.25) is 5.91 Å². The molecular weight excluding hydrogens is 304 g/mol. The summed E-state index contributed by atoms with van der Waals surface area (Å²) in [5.41, 5.74) is 0. The van der Waals surface area contributed by atoms with Crippen LogP contribution in [0.15, 0.2) is 0 Å². The van der Waals surface area contributed by atoms with Crippen LogP contribution >= 0.6 is 0 Å². The summed E-state index contributed by atoms with van der Waals surface area (Å²) in [7, 11) is 2.00. The normalized spacial score (nSPS) is 24.7. The number of carbonyl (C=O) groups is 1. The number of nitrogens with zero attached hydrogens (tertiary/aromatic N) is 5. The highest BCUT2D eigenvalue weighted by Gasteiger charge is 2.32. The Morgan fingerprint density at radius 1 is 1.29 bits per heavy atom. The molecule has 2 heterocycles. The number of aromatic nitrogens is 4. The Morgan fingerprint density at radius 3 is 2.79 bits per heavy atom. The Labute approximate surface area is 144 Å². The number of aromatic amines is 1. The molecule has 2 unspecified atom stereocenters. The third-order valence-electron chi connectivity index (χ3n) is 5.79. The van der Waals surface area contributed by atoms with Crippen molar-refractivity contribution in [2.24, 2.45) is 5.92 Å². The second kappa shape index (κ2) is 8.05. The van der Waals surface area contributed by atoms with Crippen LogP contribution in [0.2, 0.25) is 0 Å². The number of nitrogens with one attached hydrogen (secondary N) is 1. The predicted octanol–water partition coefficient (Wildman–Crippen LogP) is 1.63. The molecule has 134 valence electrons. The molecule has 0 bridgehead atoms. The molecule has 1 saturated carbocycles. The van der Waals surface area contributed by atoms with Gasteiger partial charge in [-0.3, -0.25) is 9.69 Å². The lowest BCUT2D eigenvalue weighted by Crippen LogP contribution is -2.52. The minimum atomic E-state index is -0.0370. The van der Waals surface area contributed by atoms with E-state index in [1.165, 1.54) is 25.7 Å². The van der Waals surface area contributed by atoms with Gasteiger partial charge in [-0.05, 0) is 45.1 Å². The number of likely N-dealkylation sites (N-methyl/N-ethyl adjacent to an activating group) is 1. The molecule has 3 rings (SSSR count). The molecule has 1 saturated heterocycles. The number of amides is 1. The van der Waals surface area contributed by atoms with Crippen LogP contribution in [0, 0.1) is 5.92 Å². The van der Waals surface area contributed by atoms with E-state index in [1.54, 1.807) is 0 Å². The van der Waals surface area contributed by atoms with Crippen LogP contribution in [0.4, 0.5) is 0 Å². The Hall–Kier alpha value is -1.50. The van der Waals surface area contributed by atoms with Crippen LogP contribution in [0.1, 0.15) is 57.7 Å². The minimum absolute atomic E-state index is 0.0370. The Balaban J connectivity index is 1.54. The molecule has 0 aromatic carbocycles. The van der Waals surface area contributed by atoms with E-state index >= 15 is 0 Å². The lowest BCUT2D eigenvalue weighted by atomic mass is 9.92. The zero-order valence-corrected chi connectivity index (χ0v) is 14.9. The summed E-state index contributed by atoms with van der Waals surface area (Å²) in [4.78, 5) is 17.3. The zero-order valence-electron chi connectivity index (χ0n) is 14.9. The topological polar surface area (TPSA) is 78.0 Å². The van der Waals surface area contributed by atoms with Crippen molar-refractivity contribution in [1.82, 2.24) is 30.4 Å². The van der Waals surface area contributed by atoms with Crippen molar-refractivity contribution in [2.45, 2.75) is 70.4 Å². The van der Waals surface area contributed by atoms with Gasteiger partial charge in [0.1, 0.15) is 0 Å². The van der Waals surface area contributed by atoms with E-state index in [1.807, 2.05) is 11.9 Å². The average Bonchev–Trinajstić information content (AvgIpc) is 3.14. The van der Waals surface area contributed by atoms with E-state index in [-0.39, 0.29) is 11.9 Å². The molecule has 7 heteroatoms. The van der Waals surface area contributed by atoms with Crippen molar-refractivity contribution in [3.63, 3.8) is 0 Å². The summed E-state index contributed by atoms with van der Waals surface area (Å²) >= 11 is 0. The van der Waals surface area contributed by atoms with Crippen molar-refractivity contribution >= 4 is 5.91 Å². The van der Waals surface area contributed by atoms with Crippen LogP contribution in [-0.4, -0.2) is 68.6 Å². The first-order chi connectivity index (χ1) is 11.6. The smallest absolute Gasteiger partial charge is 0.239 e. The fourth-order valence-corrected chi connectivity index (χ4v) is 4.24. The molecule has 0 radical (unpaired) electrons. The number of piperidine rings is 1. The van der Waals surface area contributed by atoms with Crippen LogP contribution in [0.25, 0.3) is 0 Å². The van der Waals surface area contributed by atoms with Crippen molar-refractivity contribution in [3.8, 4) is 0 Å². The summed E-state index contributed by atoms with van der Waals surface area (Å²) < 4.78 is 0. The Bertz CT molecular complexity index is 513. The molecular formula is C17H30N6O. The van der Waals surface area contributed by atoms with E-state index in [4.69, 9.17) is 0 Å². The quantitative estimate of drug-likeness (QED) is 0.885. The number of rotatable bonds is 5. The maximum absolute atomic E-state index is 12.9. The van der Waals surface area contributed by atoms with Gasteiger partial charge in [-0.1, -0.05) is 24.5 Å². The average molecular weight is 334 g/mol. The van der Waals surface area contributed by atoms with E-state index in [2.05, 4.69) is 32.4 Å². The number of hydrogen-bond donors (Lipinski definition) is 1. The van der Waals surface area contributed by atoms with Crippen LogP contribution in [0.5, 0.6) is 0 Å². The molecule has 1 aliphatic heterocycles. The SMILES string of the molecule is CC(C(=O)N(C)C1CCCCC1)N1CCCC(Cc2nn[nH]n2)C1. The first-order valence-corrected chi connectivity index (χ1v) is 9.38. The highest BCUT2D eigenvalue weighted by atomic mass is 16.2. The van der Waals surface area contributed by atoms with Gasteiger partial charge in [0.05, 0.1) is 6.04 Å². The van der Waals surface area contributed by atoms with Crippen LogP contribution in [-0.2, 0) is 11.2 Å². The molecule has 1 N–H and O–H groups in total. The summed E-state index contributed by atoms with van der Waals surface area (Å²) in [5.74, 6) is 1.56. The predicted molar refractivity (Wildman–Crippen MR) is 91.3 cm³/mol. The largest absolute Gasteiger partial charge is 0.341 e. The summed E-state index contributed by atoms with van der Waals surface area (Å²) in [5, 5.41) is 14.3. The maximum Gasteiger partial charge on any atom is 0.239 e. The molecule has 0 spiro atoms. The van der Waals surface area contributed by atoms with Crippen molar-refractivity contribution in [1.29, 1.82) is 0 Å². The van der Waals surface area contributed by atoms with E-state index < -0.39 is 0 Å². The van der Waals surface area contributed by atoms with Gasteiger partial charge in [-0.25, -0.2) is 0 Å². The highest BCUT2D eigenvalue weighted by Crippen LogP contribution is 2.25. The van der Waals surface area contributed by atoms with Gasteiger partial charge in [-0.15, -0.1) is 10.2 Å². The summed E-state index contributed by atoms with van der Waals surface area (Å²) in [6, 6.07) is 0.401. The highest BCUT2D eigenvalue weighted by molar-refractivity contribution is 5.81. The molecule has 2 fully saturated rings. The van der Waals surface area contributed by atoms with E-state index in [0.29, 0.717) is 12.0 Å². The number of tetrazole rings is 1. The van der Waals surface area contributed by atoms with Gasteiger partial charge in [0, 0.05) is 26.1 Å². The van der Waals surface area contributed by atoms with Crippen molar-refractivity contribution < 1.29 is 4.79 Å².